The summed E-state index contributed by atoms with van der Waals surface area (Å²) in [5.74, 6) is -4.80. The number of aliphatic carboxylic acids is 1. The summed E-state index contributed by atoms with van der Waals surface area (Å²) in [5.41, 5.74) is 0. The molecule has 0 aliphatic carbocycles. The maximum absolute atomic E-state index is 12.2. The molecule has 2 saturated heterocycles. The predicted octanol–water partition coefficient (Wildman–Crippen LogP) is -3.95. The number of rotatable bonds is 8. The highest BCUT2D eigenvalue weighted by molar-refractivity contribution is 5.76. The van der Waals surface area contributed by atoms with Crippen molar-refractivity contribution in [3.63, 3.8) is 0 Å². The molecule has 10 atom stereocenters. The van der Waals surface area contributed by atoms with Crippen LogP contribution < -0.4 is 5.32 Å². The number of carbonyl (C=O) groups excluding carboxylic acids is 1. The molecule has 2 fully saturated rings. The van der Waals surface area contributed by atoms with Crippen molar-refractivity contribution < 1.29 is 59.5 Å². The van der Waals surface area contributed by atoms with Gasteiger partial charge in [-0.15, -0.1) is 0 Å². The number of amides is 1. The highest BCUT2D eigenvalue weighted by Gasteiger charge is 2.57. The minimum atomic E-state index is -2.57. The first-order chi connectivity index (χ1) is 14.5. The minimum Gasteiger partial charge on any atom is -0.477 e. The van der Waals surface area contributed by atoms with E-state index in [-0.39, 0.29) is 6.42 Å². The van der Waals surface area contributed by atoms with Crippen molar-refractivity contribution >= 4 is 11.9 Å². The third kappa shape index (κ3) is 5.69. The van der Waals surface area contributed by atoms with Crippen LogP contribution in [0.15, 0.2) is 0 Å². The van der Waals surface area contributed by atoms with Crippen molar-refractivity contribution in [2.45, 2.75) is 87.3 Å². The number of carbonyl (C=O) groups is 2. The zero-order valence-corrected chi connectivity index (χ0v) is 17.2. The van der Waals surface area contributed by atoms with E-state index in [0.29, 0.717) is 0 Å². The zero-order valence-electron chi connectivity index (χ0n) is 17.2. The summed E-state index contributed by atoms with van der Waals surface area (Å²) in [4.78, 5) is 23.7. The van der Waals surface area contributed by atoms with Crippen LogP contribution in [0.3, 0.4) is 0 Å². The fraction of sp³-hybridized carbons (Fsp3) is 0.889. The quantitative estimate of drug-likeness (QED) is 0.177. The van der Waals surface area contributed by atoms with Gasteiger partial charge >= 0.3 is 5.97 Å². The topological polar surface area (TPSA) is 215 Å². The van der Waals surface area contributed by atoms with Crippen molar-refractivity contribution in [3.8, 4) is 0 Å². The first-order valence-corrected chi connectivity index (χ1v) is 9.91. The lowest BCUT2D eigenvalue weighted by Gasteiger charge is -2.49. The van der Waals surface area contributed by atoms with E-state index in [9.17, 15) is 40.2 Å². The molecule has 2 aliphatic rings. The van der Waals surface area contributed by atoms with Gasteiger partial charge in [-0.05, 0) is 6.92 Å². The summed E-state index contributed by atoms with van der Waals surface area (Å²) in [6.45, 7) is 1.30. The highest BCUT2D eigenvalue weighted by Crippen LogP contribution is 2.37. The molecule has 7 unspecified atom stereocenters. The average molecular weight is 453 g/mol. The number of carboxylic acid groups (broad SMARTS) is 1. The number of nitrogens with one attached hydrogen (secondary N) is 1. The molecular weight excluding hydrogens is 422 g/mol. The molecule has 0 aromatic heterocycles. The second-order valence-corrected chi connectivity index (χ2v) is 7.91. The van der Waals surface area contributed by atoms with Crippen LogP contribution in [0, 0.1) is 0 Å². The van der Waals surface area contributed by atoms with Crippen LogP contribution in [-0.4, -0.2) is 121 Å². The van der Waals surface area contributed by atoms with Gasteiger partial charge in [0.2, 0.25) is 5.91 Å². The fourth-order valence-corrected chi connectivity index (χ4v) is 3.87. The Labute approximate surface area is 178 Å². The van der Waals surface area contributed by atoms with Gasteiger partial charge in [0, 0.05) is 19.8 Å². The lowest BCUT2D eigenvalue weighted by atomic mass is 9.89. The van der Waals surface area contributed by atoms with Crippen molar-refractivity contribution in [2.75, 3.05) is 13.2 Å². The maximum Gasteiger partial charge on any atom is 0.364 e. The molecular formula is C18H31NO12. The standard InChI is InChI=1S/C18H31NO12/c1-7-14(25)16(15(26)12(6-21)29-7)31-18(17(27)28)4-10(24)13(19-8(2)22)11(30-18)3-9(23)5-20/h7,9-16,20-21,23-26H,3-6H2,1-2H3,(H,19,22)(H,27,28)/t7?,9-,10+,11?,12?,13?,14?,15?,16?,18-/m0/s1. The van der Waals surface area contributed by atoms with Crippen molar-refractivity contribution in [1.82, 2.24) is 5.32 Å². The molecule has 2 heterocycles. The number of ether oxygens (including phenoxy) is 3. The summed E-state index contributed by atoms with van der Waals surface area (Å²) in [7, 11) is 0. The van der Waals surface area contributed by atoms with Gasteiger partial charge in [0.15, 0.2) is 0 Å². The number of aliphatic hydroxyl groups is 6. The van der Waals surface area contributed by atoms with Gasteiger partial charge in [-0.1, -0.05) is 0 Å². The van der Waals surface area contributed by atoms with Gasteiger partial charge < -0.3 is 55.3 Å². The molecule has 31 heavy (non-hydrogen) atoms. The monoisotopic (exact) mass is 453 g/mol. The SMILES string of the molecule is CC(=O)NC1C(C[C@H](O)CO)O[C@@](OC2C(O)C(C)OC(CO)C2O)(C(=O)O)C[C@H]1O. The third-order valence-corrected chi connectivity index (χ3v) is 5.48. The molecule has 13 nitrogen and oxygen atoms in total. The smallest absolute Gasteiger partial charge is 0.364 e. The molecule has 1 amide bonds. The van der Waals surface area contributed by atoms with Gasteiger partial charge in [0.25, 0.3) is 5.79 Å². The molecule has 0 radical (unpaired) electrons. The van der Waals surface area contributed by atoms with Crippen LogP contribution in [0.2, 0.25) is 0 Å². The number of hydrogen-bond acceptors (Lipinski definition) is 11. The normalized spacial score (nSPS) is 42.1. The molecule has 180 valence electrons. The van der Waals surface area contributed by atoms with Crippen molar-refractivity contribution in [3.05, 3.63) is 0 Å². The van der Waals surface area contributed by atoms with Crippen molar-refractivity contribution in [1.29, 1.82) is 0 Å². The average Bonchev–Trinajstić information content (AvgIpc) is 2.70. The Kier molecular flexibility index (Phi) is 8.72. The second kappa shape index (κ2) is 10.5. The van der Waals surface area contributed by atoms with Crippen LogP contribution in [0.25, 0.3) is 0 Å². The third-order valence-electron chi connectivity index (χ3n) is 5.48. The molecule has 0 aromatic carbocycles. The first-order valence-electron chi connectivity index (χ1n) is 9.91. The number of aliphatic hydroxyl groups excluding tert-OH is 6. The van der Waals surface area contributed by atoms with E-state index in [1.165, 1.54) is 13.8 Å². The summed E-state index contributed by atoms with van der Waals surface area (Å²) < 4.78 is 16.4. The molecule has 0 spiro atoms. The van der Waals surface area contributed by atoms with E-state index >= 15 is 0 Å². The summed E-state index contributed by atoms with van der Waals surface area (Å²) >= 11 is 0. The molecule has 8 N–H and O–H groups in total. The van der Waals surface area contributed by atoms with E-state index < -0.39 is 92.2 Å². The Hall–Kier alpha value is -1.42. The Morgan fingerprint density at radius 3 is 2.35 bits per heavy atom. The Balaban J connectivity index is 2.36. The van der Waals surface area contributed by atoms with Gasteiger partial charge in [-0.3, -0.25) is 4.79 Å². The van der Waals surface area contributed by atoms with Crippen molar-refractivity contribution in [2.24, 2.45) is 0 Å². The van der Waals surface area contributed by atoms with Crippen LogP contribution in [-0.2, 0) is 23.8 Å². The lowest BCUT2D eigenvalue weighted by Crippen LogP contribution is -2.68. The summed E-state index contributed by atoms with van der Waals surface area (Å²) in [6, 6.07) is -1.12. The molecule has 2 aliphatic heterocycles. The number of hydrogen-bond donors (Lipinski definition) is 8. The predicted molar refractivity (Wildman–Crippen MR) is 99.5 cm³/mol. The van der Waals surface area contributed by atoms with Gasteiger partial charge in [-0.2, -0.15) is 0 Å². The van der Waals surface area contributed by atoms with E-state index in [2.05, 4.69) is 5.32 Å². The van der Waals surface area contributed by atoms with Gasteiger partial charge in [0.1, 0.15) is 24.4 Å². The molecule has 0 aromatic rings. The Bertz CT molecular complexity index is 635. The Morgan fingerprint density at radius 2 is 1.84 bits per heavy atom. The number of carboxylic acids is 1. The molecule has 2 rings (SSSR count). The molecule has 13 heteroatoms. The first kappa shape index (κ1) is 25.8. The lowest BCUT2D eigenvalue weighted by molar-refractivity contribution is -0.345. The van der Waals surface area contributed by atoms with Gasteiger partial charge in [0.05, 0.1) is 43.7 Å². The molecule has 0 saturated carbocycles. The summed E-state index contributed by atoms with van der Waals surface area (Å²) in [5, 5.41) is 72.1. The molecule has 0 bridgehead atoms. The van der Waals surface area contributed by atoms with Crippen LogP contribution in [0.1, 0.15) is 26.7 Å². The fourth-order valence-electron chi connectivity index (χ4n) is 3.87. The largest absolute Gasteiger partial charge is 0.477 e. The second-order valence-electron chi connectivity index (χ2n) is 7.91. The van der Waals surface area contributed by atoms with E-state index in [1.54, 1.807) is 0 Å². The van der Waals surface area contributed by atoms with E-state index in [0.717, 1.165) is 0 Å². The minimum absolute atomic E-state index is 0.356. The van der Waals surface area contributed by atoms with Crippen LogP contribution in [0.5, 0.6) is 0 Å². The Morgan fingerprint density at radius 1 is 1.19 bits per heavy atom. The van der Waals surface area contributed by atoms with Gasteiger partial charge in [-0.25, -0.2) is 4.79 Å². The zero-order chi connectivity index (χ0) is 23.5. The summed E-state index contributed by atoms with van der Waals surface area (Å²) in [6.07, 6.45) is -12.0. The van der Waals surface area contributed by atoms with E-state index in [4.69, 9.17) is 19.3 Å². The van der Waals surface area contributed by atoms with E-state index in [1.807, 2.05) is 0 Å². The highest BCUT2D eigenvalue weighted by atomic mass is 16.7. The van der Waals surface area contributed by atoms with Crippen LogP contribution in [0.4, 0.5) is 0 Å². The maximum atomic E-state index is 12.2. The van der Waals surface area contributed by atoms with Crippen LogP contribution >= 0.6 is 0 Å².